The van der Waals surface area contributed by atoms with Crippen molar-refractivity contribution < 1.29 is 24.2 Å². The largest absolute Gasteiger partial charge is 0.507 e. The van der Waals surface area contributed by atoms with Crippen LogP contribution in [0.1, 0.15) is 37.9 Å². The van der Waals surface area contributed by atoms with Gasteiger partial charge in [-0.3, -0.25) is 9.59 Å². The van der Waals surface area contributed by atoms with Gasteiger partial charge < -0.3 is 24.4 Å². The van der Waals surface area contributed by atoms with Crippen molar-refractivity contribution in [3.8, 4) is 11.5 Å². The maximum atomic E-state index is 13.2. The number of carbonyl (C=O) groups excluding carboxylic acids is 2. The van der Waals surface area contributed by atoms with E-state index in [1.54, 1.807) is 48.4 Å². The summed E-state index contributed by atoms with van der Waals surface area (Å²) in [6.07, 6.45) is 0. The van der Waals surface area contributed by atoms with Crippen LogP contribution in [-0.4, -0.2) is 66.5 Å². The van der Waals surface area contributed by atoms with Crippen molar-refractivity contribution >= 4 is 17.4 Å². The molecule has 1 fully saturated rings. The number of carbonyl (C=O) groups is 2. The molecule has 3 rings (SSSR count). The van der Waals surface area contributed by atoms with Crippen molar-refractivity contribution in [1.29, 1.82) is 0 Å². The third-order valence-corrected chi connectivity index (χ3v) is 5.94. The lowest BCUT2D eigenvalue weighted by Gasteiger charge is -2.28. The lowest BCUT2D eigenvalue weighted by molar-refractivity contribution is -0.140. The van der Waals surface area contributed by atoms with Gasteiger partial charge in [-0.2, -0.15) is 0 Å². The maximum Gasteiger partial charge on any atom is 0.295 e. The molecule has 33 heavy (non-hydrogen) atoms. The van der Waals surface area contributed by atoms with Gasteiger partial charge in [-0.15, -0.1) is 0 Å². The molecule has 1 amide bonds. The number of hydrogen-bond donors (Lipinski definition) is 1. The molecule has 0 bridgehead atoms. The first-order valence-corrected chi connectivity index (χ1v) is 11.3. The van der Waals surface area contributed by atoms with Crippen LogP contribution in [0, 0.1) is 0 Å². The third-order valence-electron chi connectivity index (χ3n) is 5.94. The second-order valence-corrected chi connectivity index (χ2v) is 7.75. The van der Waals surface area contributed by atoms with Crippen LogP contribution in [0.15, 0.2) is 54.1 Å². The fraction of sp³-hybridized carbons (Fsp3) is 0.385. The Morgan fingerprint density at radius 3 is 2.33 bits per heavy atom. The lowest BCUT2D eigenvalue weighted by Crippen LogP contribution is -2.38. The predicted octanol–water partition coefficient (Wildman–Crippen LogP) is 3.86. The summed E-state index contributed by atoms with van der Waals surface area (Å²) in [4.78, 5) is 30.0. The van der Waals surface area contributed by atoms with E-state index in [0.717, 1.165) is 18.7 Å². The van der Waals surface area contributed by atoms with Gasteiger partial charge in [0.15, 0.2) is 0 Å². The molecule has 1 N–H and O–H groups in total. The number of likely N-dealkylation sites (tertiary alicyclic amines) is 1. The summed E-state index contributed by atoms with van der Waals surface area (Å²) in [7, 11) is 1.58. The molecule has 0 aliphatic carbocycles. The number of methoxy groups -OCH3 is 1. The van der Waals surface area contributed by atoms with Crippen LogP contribution >= 0.6 is 0 Å². The standard InChI is InChI=1S/C26H32N2O5/c1-5-27(6-2)15-16-28-23(18-11-13-20(32-4)14-12-18)22(25(30)26(28)31)24(29)19-9-8-10-21(17-19)33-7-3/h8-14,17,23,29H,5-7,15-16H2,1-4H3/b24-22+. The first-order valence-electron chi connectivity index (χ1n) is 11.3. The Morgan fingerprint density at radius 1 is 1.03 bits per heavy atom. The Balaban J connectivity index is 2.09. The highest BCUT2D eigenvalue weighted by Crippen LogP contribution is 2.40. The smallest absolute Gasteiger partial charge is 0.295 e. The van der Waals surface area contributed by atoms with Gasteiger partial charge in [0, 0.05) is 18.7 Å². The maximum absolute atomic E-state index is 13.2. The van der Waals surface area contributed by atoms with E-state index in [4.69, 9.17) is 9.47 Å². The number of hydrogen-bond acceptors (Lipinski definition) is 6. The number of benzene rings is 2. The SMILES string of the molecule is CCOc1cccc(/C(O)=C2\C(=O)C(=O)N(CCN(CC)CC)C2c2ccc(OC)cc2)c1. The van der Waals surface area contributed by atoms with Gasteiger partial charge in [0.25, 0.3) is 11.7 Å². The Kier molecular flexibility index (Phi) is 8.11. The zero-order chi connectivity index (χ0) is 24.0. The summed E-state index contributed by atoms with van der Waals surface area (Å²) in [6.45, 7) is 9.16. The average molecular weight is 453 g/mol. The van der Waals surface area contributed by atoms with E-state index in [9.17, 15) is 14.7 Å². The number of ether oxygens (including phenoxy) is 2. The summed E-state index contributed by atoms with van der Waals surface area (Å²) in [5.41, 5.74) is 1.25. The van der Waals surface area contributed by atoms with Gasteiger partial charge in [-0.1, -0.05) is 38.1 Å². The molecule has 0 saturated carbocycles. The van der Waals surface area contributed by atoms with E-state index >= 15 is 0 Å². The molecule has 0 spiro atoms. The van der Waals surface area contributed by atoms with Crippen LogP contribution in [0.3, 0.4) is 0 Å². The number of ketones is 1. The molecule has 7 heteroatoms. The number of aliphatic hydroxyl groups is 1. The molecule has 1 unspecified atom stereocenters. The number of amides is 1. The van der Waals surface area contributed by atoms with E-state index in [1.165, 1.54) is 0 Å². The van der Waals surface area contributed by atoms with Gasteiger partial charge in [0.2, 0.25) is 0 Å². The molecule has 1 heterocycles. The predicted molar refractivity (Wildman–Crippen MR) is 127 cm³/mol. The van der Waals surface area contributed by atoms with E-state index in [-0.39, 0.29) is 11.3 Å². The third kappa shape index (κ3) is 5.20. The van der Waals surface area contributed by atoms with Crippen LogP contribution in [0.2, 0.25) is 0 Å². The zero-order valence-corrected chi connectivity index (χ0v) is 19.7. The summed E-state index contributed by atoms with van der Waals surface area (Å²) < 4.78 is 10.8. The second-order valence-electron chi connectivity index (χ2n) is 7.75. The van der Waals surface area contributed by atoms with Crippen LogP contribution in [0.25, 0.3) is 5.76 Å². The molecule has 1 aliphatic heterocycles. The van der Waals surface area contributed by atoms with Crippen molar-refractivity contribution in [2.45, 2.75) is 26.8 Å². The first kappa shape index (κ1) is 24.3. The topological polar surface area (TPSA) is 79.3 Å². The van der Waals surface area contributed by atoms with Gasteiger partial charge in [0.05, 0.1) is 25.3 Å². The Labute approximate surface area is 195 Å². The van der Waals surface area contributed by atoms with Gasteiger partial charge >= 0.3 is 0 Å². The number of rotatable bonds is 10. The molecule has 0 radical (unpaired) electrons. The Morgan fingerprint density at radius 2 is 1.73 bits per heavy atom. The van der Waals surface area contributed by atoms with Gasteiger partial charge in [-0.25, -0.2) is 0 Å². The fourth-order valence-electron chi connectivity index (χ4n) is 4.09. The molecule has 0 aromatic heterocycles. The first-order chi connectivity index (χ1) is 15.9. The van der Waals surface area contributed by atoms with Gasteiger partial charge in [0.1, 0.15) is 17.3 Å². The van der Waals surface area contributed by atoms with Crippen LogP contribution in [-0.2, 0) is 9.59 Å². The molecular formula is C26H32N2O5. The quantitative estimate of drug-likeness (QED) is 0.335. The van der Waals surface area contributed by atoms with Crippen LogP contribution in [0.5, 0.6) is 11.5 Å². The molecule has 1 saturated heterocycles. The van der Waals surface area contributed by atoms with Crippen molar-refractivity contribution in [2.24, 2.45) is 0 Å². The number of likely N-dealkylation sites (N-methyl/N-ethyl adjacent to an activating group) is 1. The minimum Gasteiger partial charge on any atom is -0.507 e. The molecule has 7 nitrogen and oxygen atoms in total. The number of Topliss-reactive ketones (excluding diaryl/α,β-unsaturated/α-hetero) is 1. The van der Waals surface area contributed by atoms with Crippen molar-refractivity contribution in [2.75, 3.05) is 39.9 Å². The van der Waals surface area contributed by atoms with Crippen LogP contribution in [0.4, 0.5) is 0 Å². The summed E-state index contributed by atoms with van der Waals surface area (Å²) in [5, 5.41) is 11.2. The Bertz CT molecular complexity index is 1010. The minimum atomic E-state index is -0.692. The van der Waals surface area contributed by atoms with E-state index < -0.39 is 17.7 Å². The highest BCUT2D eigenvalue weighted by molar-refractivity contribution is 6.46. The molecule has 1 atom stereocenters. The molecule has 2 aromatic carbocycles. The highest BCUT2D eigenvalue weighted by atomic mass is 16.5. The molecule has 2 aromatic rings. The average Bonchev–Trinajstić information content (AvgIpc) is 3.09. The summed E-state index contributed by atoms with van der Waals surface area (Å²) in [5.74, 6) is -0.247. The Hall–Kier alpha value is -3.32. The van der Waals surface area contributed by atoms with Crippen molar-refractivity contribution in [3.63, 3.8) is 0 Å². The van der Waals surface area contributed by atoms with Crippen LogP contribution < -0.4 is 9.47 Å². The van der Waals surface area contributed by atoms with E-state index in [1.807, 2.05) is 19.1 Å². The fourth-order valence-corrected chi connectivity index (χ4v) is 4.09. The monoisotopic (exact) mass is 452 g/mol. The van der Waals surface area contributed by atoms with Crippen molar-refractivity contribution in [1.82, 2.24) is 9.80 Å². The minimum absolute atomic E-state index is 0.0818. The number of aliphatic hydroxyl groups excluding tert-OH is 1. The van der Waals surface area contributed by atoms with Crippen molar-refractivity contribution in [3.05, 3.63) is 65.2 Å². The highest BCUT2D eigenvalue weighted by Gasteiger charge is 2.46. The molecular weight excluding hydrogens is 420 g/mol. The zero-order valence-electron chi connectivity index (χ0n) is 19.7. The number of nitrogens with zero attached hydrogens (tertiary/aromatic N) is 2. The lowest BCUT2D eigenvalue weighted by atomic mass is 9.95. The van der Waals surface area contributed by atoms with E-state index in [0.29, 0.717) is 36.8 Å². The molecule has 176 valence electrons. The second kappa shape index (κ2) is 11.0. The molecule has 1 aliphatic rings. The van der Waals surface area contributed by atoms with E-state index in [2.05, 4.69) is 18.7 Å². The van der Waals surface area contributed by atoms with Gasteiger partial charge in [-0.05, 0) is 49.8 Å². The summed E-state index contributed by atoms with van der Waals surface area (Å²) >= 11 is 0. The normalized spacial score (nSPS) is 17.6. The summed E-state index contributed by atoms with van der Waals surface area (Å²) in [6, 6.07) is 13.4.